The molecule has 2 saturated heterocycles. The third-order valence-electron chi connectivity index (χ3n) is 6.88. The summed E-state index contributed by atoms with van der Waals surface area (Å²) in [6.07, 6.45) is 1.95. The minimum absolute atomic E-state index is 0.256. The number of carbonyl (C=O) groups is 3. The van der Waals surface area contributed by atoms with Crippen LogP contribution in [0.15, 0.2) is 42.5 Å². The average Bonchev–Trinajstić information content (AvgIpc) is 3.34. The molecule has 2 N–H and O–H groups in total. The normalized spacial score (nSPS) is 22.5. The van der Waals surface area contributed by atoms with Crippen LogP contribution < -0.4 is 10.6 Å². The Morgan fingerprint density at radius 2 is 1.75 bits per heavy atom. The van der Waals surface area contributed by atoms with E-state index < -0.39 is 17.4 Å². The minimum Gasteiger partial charge on any atom is -0.348 e. The second-order valence-corrected chi connectivity index (χ2v) is 8.91. The molecule has 0 bridgehead atoms. The molecule has 4 amide bonds. The zero-order chi connectivity index (χ0) is 22.3. The van der Waals surface area contributed by atoms with Gasteiger partial charge in [-0.3, -0.25) is 14.5 Å². The number of carbonyl (C=O) groups excluding carboxylic acids is 3. The first-order valence-electron chi connectivity index (χ1n) is 11.1. The number of nitrogens with one attached hydrogen (secondary N) is 2. The van der Waals surface area contributed by atoms with Crippen molar-refractivity contribution >= 4 is 28.6 Å². The van der Waals surface area contributed by atoms with E-state index in [4.69, 9.17) is 9.47 Å². The van der Waals surface area contributed by atoms with E-state index in [1.807, 2.05) is 49.4 Å². The molecule has 1 atom stereocenters. The molecule has 2 spiro atoms. The van der Waals surface area contributed by atoms with Crippen LogP contribution in [0.25, 0.3) is 10.8 Å². The number of benzene rings is 2. The quantitative estimate of drug-likeness (QED) is 0.717. The van der Waals surface area contributed by atoms with E-state index in [9.17, 15) is 14.4 Å². The Morgan fingerprint density at radius 3 is 2.47 bits per heavy atom. The number of imide groups is 1. The number of ether oxygens (including phenoxy) is 2. The molecule has 3 aliphatic rings. The first-order chi connectivity index (χ1) is 15.4. The van der Waals surface area contributed by atoms with E-state index in [-0.39, 0.29) is 24.4 Å². The monoisotopic (exact) mass is 437 g/mol. The maximum Gasteiger partial charge on any atom is 0.325 e. The number of rotatable bonds is 4. The summed E-state index contributed by atoms with van der Waals surface area (Å²) in [4.78, 5) is 39.4. The van der Waals surface area contributed by atoms with E-state index in [0.717, 1.165) is 21.2 Å². The molecule has 1 saturated carbocycles. The molecule has 2 aromatic carbocycles. The van der Waals surface area contributed by atoms with E-state index in [0.29, 0.717) is 38.9 Å². The maximum atomic E-state index is 13.1. The zero-order valence-corrected chi connectivity index (χ0v) is 18.1. The van der Waals surface area contributed by atoms with E-state index >= 15 is 0 Å². The lowest BCUT2D eigenvalue weighted by Gasteiger charge is -2.39. The molecule has 3 fully saturated rings. The Bertz CT molecular complexity index is 1070. The lowest BCUT2D eigenvalue weighted by atomic mass is 9.78. The van der Waals surface area contributed by atoms with Crippen LogP contribution in [0.2, 0.25) is 0 Å². The molecule has 0 radical (unpaired) electrons. The van der Waals surface area contributed by atoms with Crippen LogP contribution in [0.5, 0.6) is 0 Å². The van der Waals surface area contributed by atoms with E-state index in [2.05, 4.69) is 10.6 Å². The summed E-state index contributed by atoms with van der Waals surface area (Å²) < 4.78 is 11.5. The van der Waals surface area contributed by atoms with Crippen molar-refractivity contribution in [3.05, 3.63) is 48.0 Å². The lowest BCUT2D eigenvalue weighted by Crippen LogP contribution is -2.53. The highest BCUT2D eigenvalue weighted by Gasteiger charge is 2.56. The molecule has 0 unspecified atom stereocenters. The summed E-state index contributed by atoms with van der Waals surface area (Å²) >= 11 is 0. The predicted octanol–water partition coefficient (Wildman–Crippen LogP) is 2.62. The first kappa shape index (κ1) is 20.9. The molecule has 1 aliphatic carbocycles. The molecule has 32 heavy (non-hydrogen) atoms. The van der Waals surface area contributed by atoms with Gasteiger partial charge >= 0.3 is 6.03 Å². The Hall–Kier alpha value is -2.97. The van der Waals surface area contributed by atoms with E-state index in [1.165, 1.54) is 0 Å². The highest BCUT2D eigenvalue weighted by molar-refractivity contribution is 6.09. The van der Waals surface area contributed by atoms with Crippen LogP contribution in [0.3, 0.4) is 0 Å². The molecule has 2 aliphatic heterocycles. The van der Waals surface area contributed by atoms with Gasteiger partial charge in [0.2, 0.25) is 5.91 Å². The standard InChI is InChI=1S/C24H27N3O5/c1-16(18-7-6-17-4-2-3-5-19(17)14-18)25-20(28)15-27-21(29)23(26-22(27)30)8-10-24(11-9-23)31-12-13-32-24/h2-7,14,16H,8-13,15H2,1H3,(H,25,28)(H,26,30)/t16-/m1/s1. The zero-order valence-electron chi connectivity index (χ0n) is 18.1. The SMILES string of the molecule is C[C@@H](NC(=O)CN1C(=O)NC2(CCC3(CC2)OCCO3)C1=O)c1ccc2ccccc2c1. The van der Waals surface area contributed by atoms with Crippen LogP contribution in [0, 0.1) is 0 Å². The van der Waals surface area contributed by atoms with Crippen LogP contribution in [0.1, 0.15) is 44.2 Å². The number of urea groups is 1. The fourth-order valence-corrected chi connectivity index (χ4v) is 4.99. The number of amides is 4. The highest BCUT2D eigenvalue weighted by Crippen LogP contribution is 2.42. The van der Waals surface area contributed by atoms with Crippen molar-refractivity contribution in [2.45, 2.75) is 50.0 Å². The largest absolute Gasteiger partial charge is 0.348 e. The Labute approximate surface area is 186 Å². The van der Waals surface area contributed by atoms with Gasteiger partial charge in [0.25, 0.3) is 5.91 Å². The van der Waals surface area contributed by atoms with Crippen molar-refractivity contribution in [2.24, 2.45) is 0 Å². The van der Waals surface area contributed by atoms with Crippen molar-refractivity contribution in [3.63, 3.8) is 0 Å². The van der Waals surface area contributed by atoms with Gasteiger partial charge in [-0.1, -0.05) is 36.4 Å². The van der Waals surface area contributed by atoms with Gasteiger partial charge < -0.3 is 20.1 Å². The summed E-state index contributed by atoms with van der Waals surface area (Å²) in [7, 11) is 0. The third-order valence-corrected chi connectivity index (χ3v) is 6.88. The number of nitrogens with zero attached hydrogens (tertiary/aromatic N) is 1. The molecule has 2 aromatic rings. The summed E-state index contributed by atoms with van der Waals surface area (Å²) in [6, 6.07) is 13.3. The number of hydrogen-bond acceptors (Lipinski definition) is 5. The van der Waals surface area contributed by atoms with Gasteiger partial charge in [0.05, 0.1) is 19.3 Å². The minimum atomic E-state index is -0.970. The summed E-state index contributed by atoms with van der Waals surface area (Å²) in [5.41, 5.74) is -0.0121. The lowest BCUT2D eigenvalue weighted by molar-refractivity contribution is -0.186. The molecule has 0 aromatic heterocycles. The van der Waals surface area contributed by atoms with Crippen LogP contribution in [-0.4, -0.2) is 53.8 Å². The first-order valence-corrected chi connectivity index (χ1v) is 11.1. The fourth-order valence-electron chi connectivity index (χ4n) is 4.99. The molecule has 8 nitrogen and oxygen atoms in total. The van der Waals surface area contributed by atoms with Crippen molar-refractivity contribution < 1.29 is 23.9 Å². The van der Waals surface area contributed by atoms with E-state index in [1.54, 1.807) is 0 Å². The van der Waals surface area contributed by atoms with Crippen LogP contribution >= 0.6 is 0 Å². The molecule has 168 valence electrons. The summed E-state index contributed by atoms with van der Waals surface area (Å²) in [6.45, 7) is 2.68. The summed E-state index contributed by atoms with van der Waals surface area (Å²) in [5.74, 6) is -1.35. The van der Waals surface area contributed by atoms with Gasteiger partial charge in [-0.2, -0.15) is 0 Å². The van der Waals surface area contributed by atoms with Gasteiger partial charge in [0.15, 0.2) is 5.79 Å². The molecule has 5 rings (SSSR count). The molecular weight excluding hydrogens is 410 g/mol. The Morgan fingerprint density at radius 1 is 1.06 bits per heavy atom. The van der Waals surface area contributed by atoms with Crippen LogP contribution in [0.4, 0.5) is 4.79 Å². The number of fused-ring (bicyclic) bond motifs is 1. The van der Waals surface area contributed by atoms with Gasteiger partial charge in [-0.05, 0) is 42.2 Å². The smallest absolute Gasteiger partial charge is 0.325 e. The van der Waals surface area contributed by atoms with Gasteiger partial charge in [0.1, 0.15) is 12.1 Å². The van der Waals surface area contributed by atoms with Gasteiger partial charge in [-0.25, -0.2) is 4.79 Å². The molecule has 8 heteroatoms. The Kier molecular flexibility index (Phi) is 5.14. The third kappa shape index (κ3) is 3.63. The Balaban J connectivity index is 1.22. The highest BCUT2D eigenvalue weighted by atomic mass is 16.7. The molecule has 2 heterocycles. The molecular formula is C24H27N3O5. The maximum absolute atomic E-state index is 13.1. The van der Waals surface area contributed by atoms with Crippen molar-refractivity contribution in [2.75, 3.05) is 19.8 Å². The van der Waals surface area contributed by atoms with Gasteiger partial charge in [-0.15, -0.1) is 0 Å². The van der Waals surface area contributed by atoms with Crippen molar-refractivity contribution in [3.8, 4) is 0 Å². The van der Waals surface area contributed by atoms with Crippen molar-refractivity contribution in [1.29, 1.82) is 0 Å². The predicted molar refractivity (Wildman–Crippen MR) is 117 cm³/mol. The average molecular weight is 437 g/mol. The van der Waals surface area contributed by atoms with Crippen LogP contribution in [-0.2, 0) is 19.1 Å². The summed E-state index contributed by atoms with van der Waals surface area (Å²) in [5, 5.41) is 7.96. The fraction of sp³-hybridized carbons (Fsp3) is 0.458. The number of hydrogen-bond donors (Lipinski definition) is 2. The van der Waals surface area contributed by atoms with Crippen molar-refractivity contribution in [1.82, 2.24) is 15.5 Å². The second-order valence-electron chi connectivity index (χ2n) is 8.91. The van der Waals surface area contributed by atoms with Gasteiger partial charge in [0, 0.05) is 12.8 Å². The second kappa shape index (κ2) is 7.86. The topological polar surface area (TPSA) is 97.0 Å².